The molecule has 1 saturated carbocycles. The van der Waals surface area contributed by atoms with E-state index in [1.165, 1.54) is 5.56 Å². The quantitative estimate of drug-likeness (QED) is 0.904. The zero-order valence-corrected chi connectivity index (χ0v) is 13.1. The number of carbonyl (C=O) groups is 1. The van der Waals surface area contributed by atoms with Crippen molar-refractivity contribution in [2.24, 2.45) is 11.8 Å². The first kappa shape index (κ1) is 14.4. The monoisotopic (exact) mass is 304 g/mol. The van der Waals surface area contributed by atoms with Gasteiger partial charge in [0.25, 0.3) is 0 Å². The van der Waals surface area contributed by atoms with Crippen LogP contribution in [0, 0.1) is 18.8 Å². The number of aliphatic carboxylic acids is 1. The van der Waals surface area contributed by atoms with Crippen molar-refractivity contribution in [2.75, 3.05) is 0 Å². The highest BCUT2D eigenvalue weighted by atomic mass is 32.2. The SMILES string of the molecule is Cc1ccc2nc(SC3CC(C)CCC3C(=O)O)[nH]c2c1. The van der Waals surface area contributed by atoms with E-state index in [0.717, 1.165) is 35.5 Å². The molecule has 0 bridgehead atoms. The standard InChI is InChI=1S/C16H20N2O2S/c1-9-4-6-12-13(7-9)18-16(17-12)21-14-8-10(2)3-5-11(14)15(19)20/h4,6-7,10-11,14H,3,5,8H2,1-2H3,(H,17,18)(H,19,20). The van der Waals surface area contributed by atoms with E-state index in [4.69, 9.17) is 0 Å². The predicted octanol–water partition coefficient (Wildman–Crippen LogP) is 3.85. The Hall–Kier alpha value is -1.49. The number of H-pyrrole nitrogens is 1. The molecule has 0 aliphatic heterocycles. The maximum absolute atomic E-state index is 11.4. The molecule has 3 rings (SSSR count). The van der Waals surface area contributed by atoms with Crippen molar-refractivity contribution in [1.29, 1.82) is 0 Å². The fourth-order valence-electron chi connectivity index (χ4n) is 3.04. The van der Waals surface area contributed by atoms with E-state index in [-0.39, 0.29) is 11.2 Å². The molecule has 2 aromatic rings. The summed E-state index contributed by atoms with van der Waals surface area (Å²) in [5.41, 5.74) is 3.16. The van der Waals surface area contributed by atoms with E-state index >= 15 is 0 Å². The number of carboxylic acids is 1. The molecule has 1 aromatic carbocycles. The lowest BCUT2D eigenvalue weighted by Gasteiger charge is -2.31. The first-order valence-corrected chi connectivity index (χ1v) is 8.26. The van der Waals surface area contributed by atoms with Gasteiger partial charge >= 0.3 is 5.97 Å². The Bertz CT molecular complexity index is 667. The summed E-state index contributed by atoms with van der Waals surface area (Å²) in [5.74, 6) is -0.350. The van der Waals surface area contributed by atoms with Crippen LogP contribution in [0.15, 0.2) is 23.4 Å². The summed E-state index contributed by atoms with van der Waals surface area (Å²) < 4.78 is 0. The molecule has 1 aromatic heterocycles. The third-order valence-electron chi connectivity index (χ3n) is 4.25. The molecule has 2 N–H and O–H groups in total. The molecule has 3 unspecified atom stereocenters. The first-order valence-electron chi connectivity index (χ1n) is 7.39. The molecule has 1 aliphatic rings. The van der Waals surface area contributed by atoms with Gasteiger partial charge in [-0.2, -0.15) is 0 Å². The van der Waals surface area contributed by atoms with Crippen LogP contribution in [0.25, 0.3) is 11.0 Å². The van der Waals surface area contributed by atoms with Crippen LogP contribution in [0.1, 0.15) is 31.7 Å². The van der Waals surface area contributed by atoms with Crippen molar-refractivity contribution in [1.82, 2.24) is 9.97 Å². The van der Waals surface area contributed by atoms with Crippen molar-refractivity contribution in [2.45, 2.75) is 43.5 Å². The lowest BCUT2D eigenvalue weighted by atomic mass is 9.82. The molecule has 21 heavy (non-hydrogen) atoms. The third-order valence-corrected chi connectivity index (χ3v) is 5.49. The smallest absolute Gasteiger partial charge is 0.307 e. The normalized spacial score (nSPS) is 26.1. The molecule has 0 radical (unpaired) electrons. The molecule has 5 heteroatoms. The number of imidazole rings is 1. The van der Waals surface area contributed by atoms with Crippen molar-refractivity contribution < 1.29 is 9.90 Å². The van der Waals surface area contributed by atoms with Gasteiger partial charge in [0.2, 0.25) is 0 Å². The van der Waals surface area contributed by atoms with Crippen LogP contribution in [0.2, 0.25) is 0 Å². The lowest BCUT2D eigenvalue weighted by Crippen LogP contribution is -2.32. The Morgan fingerprint density at radius 1 is 1.43 bits per heavy atom. The molecule has 1 heterocycles. The number of nitrogens with one attached hydrogen (secondary N) is 1. The lowest BCUT2D eigenvalue weighted by molar-refractivity contribution is -0.142. The summed E-state index contributed by atoms with van der Waals surface area (Å²) in [6.07, 6.45) is 2.72. The van der Waals surface area contributed by atoms with Crippen LogP contribution in [0.5, 0.6) is 0 Å². The second kappa shape index (κ2) is 5.72. The third kappa shape index (κ3) is 3.07. The summed E-state index contributed by atoms with van der Waals surface area (Å²) in [5, 5.41) is 10.3. The van der Waals surface area contributed by atoms with Crippen LogP contribution < -0.4 is 0 Å². The Balaban J connectivity index is 1.83. The number of aromatic nitrogens is 2. The topological polar surface area (TPSA) is 66.0 Å². The van der Waals surface area contributed by atoms with E-state index in [2.05, 4.69) is 29.9 Å². The summed E-state index contributed by atoms with van der Waals surface area (Å²) in [6, 6.07) is 6.12. The van der Waals surface area contributed by atoms with Crippen molar-refractivity contribution in [3.05, 3.63) is 23.8 Å². The minimum Gasteiger partial charge on any atom is -0.481 e. The minimum atomic E-state index is -0.675. The maximum Gasteiger partial charge on any atom is 0.307 e. The van der Waals surface area contributed by atoms with Gasteiger partial charge in [-0.25, -0.2) is 4.98 Å². The van der Waals surface area contributed by atoms with Gasteiger partial charge in [0, 0.05) is 5.25 Å². The van der Waals surface area contributed by atoms with Crippen molar-refractivity contribution >= 4 is 28.8 Å². The largest absolute Gasteiger partial charge is 0.481 e. The van der Waals surface area contributed by atoms with E-state index in [1.54, 1.807) is 11.8 Å². The number of nitrogens with zero attached hydrogens (tertiary/aromatic N) is 1. The summed E-state index contributed by atoms with van der Waals surface area (Å²) in [4.78, 5) is 19.3. The molecule has 1 aliphatic carbocycles. The Morgan fingerprint density at radius 2 is 2.24 bits per heavy atom. The van der Waals surface area contributed by atoms with Gasteiger partial charge in [-0.3, -0.25) is 4.79 Å². The fraction of sp³-hybridized carbons (Fsp3) is 0.500. The molecular weight excluding hydrogens is 284 g/mol. The number of aryl methyl sites for hydroxylation is 1. The fourth-order valence-corrected chi connectivity index (χ4v) is 4.49. The number of carboxylic acid groups (broad SMARTS) is 1. The van der Waals surface area contributed by atoms with Crippen LogP contribution in [-0.4, -0.2) is 26.3 Å². The number of rotatable bonds is 3. The van der Waals surface area contributed by atoms with Crippen LogP contribution >= 0.6 is 11.8 Å². The Kier molecular flexibility index (Phi) is 3.93. The number of thioether (sulfide) groups is 1. The van der Waals surface area contributed by atoms with E-state index in [1.807, 2.05) is 12.1 Å². The molecule has 3 atom stereocenters. The Labute approximate surface area is 128 Å². The highest BCUT2D eigenvalue weighted by Gasteiger charge is 2.34. The number of hydrogen-bond acceptors (Lipinski definition) is 3. The van der Waals surface area contributed by atoms with Gasteiger partial charge in [0.15, 0.2) is 5.16 Å². The molecule has 112 valence electrons. The minimum absolute atomic E-state index is 0.105. The molecule has 1 fully saturated rings. The first-order chi connectivity index (χ1) is 10.0. The van der Waals surface area contributed by atoms with E-state index < -0.39 is 5.97 Å². The second-order valence-electron chi connectivity index (χ2n) is 6.08. The van der Waals surface area contributed by atoms with Gasteiger partial charge in [0.05, 0.1) is 17.0 Å². The highest BCUT2D eigenvalue weighted by molar-refractivity contribution is 7.99. The van der Waals surface area contributed by atoms with Gasteiger partial charge in [-0.15, -0.1) is 0 Å². The number of fused-ring (bicyclic) bond motifs is 1. The van der Waals surface area contributed by atoms with Crippen molar-refractivity contribution in [3.63, 3.8) is 0 Å². The van der Waals surface area contributed by atoms with Gasteiger partial charge in [-0.05, 0) is 49.8 Å². The molecular formula is C16H20N2O2S. The van der Waals surface area contributed by atoms with Crippen LogP contribution in [0.4, 0.5) is 0 Å². The zero-order chi connectivity index (χ0) is 15.0. The maximum atomic E-state index is 11.4. The summed E-state index contributed by atoms with van der Waals surface area (Å²) in [7, 11) is 0. The average Bonchev–Trinajstić information content (AvgIpc) is 2.79. The molecule has 4 nitrogen and oxygen atoms in total. The number of benzene rings is 1. The van der Waals surface area contributed by atoms with Crippen LogP contribution in [-0.2, 0) is 4.79 Å². The number of aromatic amines is 1. The van der Waals surface area contributed by atoms with E-state index in [0.29, 0.717) is 5.92 Å². The average molecular weight is 304 g/mol. The van der Waals surface area contributed by atoms with Gasteiger partial charge < -0.3 is 10.1 Å². The van der Waals surface area contributed by atoms with E-state index in [9.17, 15) is 9.90 Å². The molecule has 0 saturated heterocycles. The van der Waals surface area contributed by atoms with Gasteiger partial charge in [0.1, 0.15) is 0 Å². The van der Waals surface area contributed by atoms with Crippen molar-refractivity contribution in [3.8, 4) is 0 Å². The predicted molar refractivity (Wildman–Crippen MR) is 84.6 cm³/mol. The molecule has 0 amide bonds. The van der Waals surface area contributed by atoms with Gasteiger partial charge in [-0.1, -0.05) is 24.8 Å². The summed E-state index contributed by atoms with van der Waals surface area (Å²) in [6.45, 7) is 4.25. The Morgan fingerprint density at radius 3 is 3.00 bits per heavy atom. The second-order valence-corrected chi connectivity index (χ2v) is 7.31. The highest BCUT2D eigenvalue weighted by Crippen LogP contribution is 2.39. The zero-order valence-electron chi connectivity index (χ0n) is 12.3. The number of hydrogen-bond donors (Lipinski definition) is 2. The summed E-state index contributed by atoms with van der Waals surface area (Å²) >= 11 is 1.59. The van der Waals surface area contributed by atoms with Crippen LogP contribution in [0.3, 0.4) is 0 Å². The molecule has 0 spiro atoms.